The SMILES string of the molecule is COC(=O)C(CN)(Cc1nc(C)cs1)c1cccc(C)c1. The van der Waals surface area contributed by atoms with Gasteiger partial charge in [-0.3, -0.25) is 4.79 Å². The summed E-state index contributed by atoms with van der Waals surface area (Å²) in [7, 11) is 1.40. The molecule has 1 aromatic carbocycles. The van der Waals surface area contributed by atoms with E-state index in [0.29, 0.717) is 6.42 Å². The topological polar surface area (TPSA) is 65.2 Å². The van der Waals surface area contributed by atoms with Gasteiger partial charge in [-0.2, -0.15) is 0 Å². The molecule has 0 amide bonds. The van der Waals surface area contributed by atoms with Gasteiger partial charge in [0, 0.05) is 24.0 Å². The third-order valence-electron chi connectivity index (χ3n) is 3.61. The Labute approximate surface area is 129 Å². The fraction of sp³-hybridized carbons (Fsp3) is 0.375. The van der Waals surface area contributed by atoms with Crippen molar-refractivity contribution in [2.24, 2.45) is 5.73 Å². The number of aryl methyl sites for hydroxylation is 2. The van der Waals surface area contributed by atoms with Crippen molar-refractivity contribution in [3.05, 3.63) is 51.5 Å². The summed E-state index contributed by atoms with van der Waals surface area (Å²) >= 11 is 1.54. The molecule has 4 nitrogen and oxygen atoms in total. The molecule has 0 aliphatic carbocycles. The molecule has 2 aromatic rings. The minimum Gasteiger partial charge on any atom is -0.468 e. The second-order valence-corrected chi connectivity index (χ2v) is 6.15. The minimum absolute atomic E-state index is 0.182. The first-order valence-corrected chi connectivity index (χ1v) is 7.66. The van der Waals surface area contributed by atoms with Gasteiger partial charge in [0.2, 0.25) is 0 Å². The van der Waals surface area contributed by atoms with Crippen LogP contribution in [0.25, 0.3) is 0 Å². The van der Waals surface area contributed by atoms with Crippen LogP contribution >= 0.6 is 11.3 Å². The fourth-order valence-corrected chi connectivity index (χ4v) is 3.33. The molecule has 112 valence electrons. The number of esters is 1. The number of hydrogen-bond donors (Lipinski definition) is 1. The maximum atomic E-state index is 12.5. The second kappa shape index (κ2) is 6.37. The first-order valence-electron chi connectivity index (χ1n) is 6.78. The van der Waals surface area contributed by atoms with Crippen molar-refractivity contribution in [1.29, 1.82) is 0 Å². The number of ether oxygens (including phenoxy) is 1. The predicted molar refractivity (Wildman–Crippen MR) is 84.5 cm³/mol. The number of carbonyl (C=O) groups is 1. The third-order valence-corrected chi connectivity index (χ3v) is 4.58. The lowest BCUT2D eigenvalue weighted by Crippen LogP contribution is -2.45. The largest absolute Gasteiger partial charge is 0.468 e. The number of rotatable bonds is 5. The van der Waals surface area contributed by atoms with Crippen LogP contribution in [-0.4, -0.2) is 24.6 Å². The van der Waals surface area contributed by atoms with Crippen LogP contribution in [0.15, 0.2) is 29.6 Å². The molecule has 0 saturated carbocycles. The highest BCUT2D eigenvalue weighted by Crippen LogP contribution is 2.31. The Morgan fingerprint density at radius 2 is 2.19 bits per heavy atom. The van der Waals surface area contributed by atoms with Crippen molar-refractivity contribution in [3.8, 4) is 0 Å². The van der Waals surface area contributed by atoms with Crippen LogP contribution in [0.5, 0.6) is 0 Å². The summed E-state index contributed by atoms with van der Waals surface area (Å²) in [6.45, 7) is 4.12. The van der Waals surface area contributed by atoms with Gasteiger partial charge >= 0.3 is 5.97 Å². The average molecular weight is 304 g/mol. The van der Waals surface area contributed by atoms with E-state index in [4.69, 9.17) is 10.5 Å². The lowest BCUT2D eigenvalue weighted by Gasteiger charge is -2.29. The molecule has 2 N–H and O–H groups in total. The van der Waals surface area contributed by atoms with Crippen LogP contribution < -0.4 is 5.73 Å². The maximum absolute atomic E-state index is 12.5. The van der Waals surface area contributed by atoms with E-state index in [9.17, 15) is 4.79 Å². The highest BCUT2D eigenvalue weighted by molar-refractivity contribution is 7.09. The monoisotopic (exact) mass is 304 g/mol. The van der Waals surface area contributed by atoms with E-state index in [1.54, 1.807) is 11.3 Å². The van der Waals surface area contributed by atoms with Crippen LogP contribution in [0, 0.1) is 13.8 Å². The molecule has 1 heterocycles. The summed E-state index contributed by atoms with van der Waals surface area (Å²) in [6, 6.07) is 7.85. The van der Waals surface area contributed by atoms with Gasteiger partial charge in [-0.15, -0.1) is 11.3 Å². The summed E-state index contributed by atoms with van der Waals surface area (Å²) in [4.78, 5) is 16.9. The molecule has 1 aromatic heterocycles. The Morgan fingerprint density at radius 3 is 2.71 bits per heavy atom. The molecule has 2 rings (SSSR count). The van der Waals surface area contributed by atoms with Gasteiger partial charge in [0.1, 0.15) is 5.41 Å². The Kier molecular flexibility index (Phi) is 4.75. The quantitative estimate of drug-likeness (QED) is 0.861. The normalized spacial score (nSPS) is 13.7. The molecule has 1 unspecified atom stereocenters. The molecule has 5 heteroatoms. The molecule has 0 radical (unpaired) electrons. The maximum Gasteiger partial charge on any atom is 0.318 e. The lowest BCUT2D eigenvalue weighted by atomic mass is 9.77. The number of aromatic nitrogens is 1. The van der Waals surface area contributed by atoms with E-state index in [1.807, 2.05) is 43.5 Å². The zero-order chi connectivity index (χ0) is 15.5. The Balaban J connectivity index is 2.50. The molecular formula is C16H20N2O2S. The average Bonchev–Trinajstić information content (AvgIpc) is 2.89. The first-order chi connectivity index (χ1) is 10.0. The molecular weight excluding hydrogens is 284 g/mol. The van der Waals surface area contributed by atoms with Crippen molar-refractivity contribution in [2.75, 3.05) is 13.7 Å². The molecule has 0 aliphatic heterocycles. The van der Waals surface area contributed by atoms with Gasteiger partial charge in [0.15, 0.2) is 0 Å². The van der Waals surface area contributed by atoms with E-state index in [0.717, 1.165) is 21.8 Å². The number of thiazole rings is 1. The number of nitrogens with zero attached hydrogens (tertiary/aromatic N) is 1. The van der Waals surface area contributed by atoms with E-state index >= 15 is 0 Å². The number of nitrogens with two attached hydrogens (primary N) is 1. The van der Waals surface area contributed by atoms with Crippen molar-refractivity contribution >= 4 is 17.3 Å². The summed E-state index contributed by atoms with van der Waals surface area (Å²) in [5.74, 6) is -0.316. The molecule has 0 fully saturated rings. The number of methoxy groups -OCH3 is 1. The standard InChI is InChI=1S/C16H20N2O2S/c1-11-5-4-6-13(7-11)16(10-17,15(19)20-3)8-14-18-12(2)9-21-14/h4-7,9H,8,10,17H2,1-3H3. The molecule has 1 atom stereocenters. The lowest BCUT2D eigenvalue weighted by molar-refractivity contribution is -0.147. The van der Waals surface area contributed by atoms with Gasteiger partial charge in [0.05, 0.1) is 12.1 Å². The third kappa shape index (κ3) is 3.14. The van der Waals surface area contributed by atoms with Crippen molar-refractivity contribution in [3.63, 3.8) is 0 Å². The van der Waals surface area contributed by atoms with Gasteiger partial charge in [-0.05, 0) is 19.4 Å². The van der Waals surface area contributed by atoms with Gasteiger partial charge in [0.25, 0.3) is 0 Å². The summed E-state index contributed by atoms with van der Waals surface area (Å²) in [5, 5.41) is 2.87. The van der Waals surface area contributed by atoms with E-state index < -0.39 is 5.41 Å². The van der Waals surface area contributed by atoms with Gasteiger partial charge < -0.3 is 10.5 Å². The van der Waals surface area contributed by atoms with Crippen LogP contribution in [0.3, 0.4) is 0 Å². The second-order valence-electron chi connectivity index (χ2n) is 5.21. The van der Waals surface area contributed by atoms with Crippen LogP contribution in [0.2, 0.25) is 0 Å². The van der Waals surface area contributed by atoms with E-state index in [-0.39, 0.29) is 12.5 Å². The Hall–Kier alpha value is -1.72. The van der Waals surface area contributed by atoms with Crippen molar-refractivity contribution in [1.82, 2.24) is 4.98 Å². The van der Waals surface area contributed by atoms with Crippen LogP contribution in [0.1, 0.15) is 21.8 Å². The van der Waals surface area contributed by atoms with Crippen LogP contribution in [-0.2, 0) is 21.4 Å². The van der Waals surface area contributed by atoms with Gasteiger partial charge in [-0.25, -0.2) is 4.98 Å². The summed E-state index contributed by atoms with van der Waals surface area (Å²) in [6.07, 6.45) is 0.456. The van der Waals surface area contributed by atoms with Crippen molar-refractivity contribution in [2.45, 2.75) is 25.7 Å². The zero-order valence-electron chi connectivity index (χ0n) is 12.6. The molecule has 0 spiro atoms. The van der Waals surface area contributed by atoms with E-state index in [2.05, 4.69) is 4.98 Å². The fourth-order valence-electron chi connectivity index (χ4n) is 2.45. The smallest absolute Gasteiger partial charge is 0.318 e. The molecule has 0 saturated heterocycles. The van der Waals surface area contributed by atoms with Crippen molar-refractivity contribution < 1.29 is 9.53 Å². The first kappa shape index (κ1) is 15.7. The number of carbonyl (C=O) groups excluding carboxylic acids is 1. The molecule has 0 aliphatic rings. The number of hydrogen-bond acceptors (Lipinski definition) is 5. The zero-order valence-corrected chi connectivity index (χ0v) is 13.4. The van der Waals surface area contributed by atoms with E-state index in [1.165, 1.54) is 7.11 Å². The molecule has 21 heavy (non-hydrogen) atoms. The Morgan fingerprint density at radius 1 is 1.43 bits per heavy atom. The number of benzene rings is 1. The summed E-state index contributed by atoms with van der Waals surface area (Å²) < 4.78 is 5.04. The predicted octanol–water partition coefficient (Wildman–Crippen LogP) is 2.37. The summed E-state index contributed by atoms with van der Waals surface area (Å²) in [5.41, 5.74) is 8.03. The highest BCUT2D eigenvalue weighted by atomic mass is 32.1. The Bertz CT molecular complexity index is 639. The molecule has 0 bridgehead atoms. The van der Waals surface area contributed by atoms with Crippen LogP contribution in [0.4, 0.5) is 0 Å². The minimum atomic E-state index is -0.884. The highest BCUT2D eigenvalue weighted by Gasteiger charge is 2.41. The van der Waals surface area contributed by atoms with Gasteiger partial charge in [-0.1, -0.05) is 29.8 Å².